The number of sulfone groups is 1. The summed E-state index contributed by atoms with van der Waals surface area (Å²) in [5.74, 6) is -0.0178. The van der Waals surface area contributed by atoms with E-state index in [4.69, 9.17) is 0 Å². The molecule has 3 aromatic rings. The summed E-state index contributed by atoms with van der Waals surface area (Å²) in [7, 11) is -3.12. The van der Waals surface area contributed by atoms with Crippen molar-refractivity contribution in [3.63, 3.8) is 0 Å². The van der Waals surface area contributed by atoms with Crippen molar-refractivity contribution in [3.8, 4) is 11.3 Å². The first-order chi connectivity index (χ1) is 14.0. The number of benzene rings is 1. The highest BCUT2D eigenvalue weighted by Gasteiger charge is 2.35. The maximum Gasteiger partial charge on any atom is 0.158 e. The van der Waals surface area contributed by atoms with Crippen LogP contribution in [0.5, 0.6) is 0 Å². The van der Waals surface area contributed by atoms with Gasteiger partial charge in [-0.3, -0.25) is 19.7 Å². The molecule has 1 fully saturated rings. The molecule has 1 aromatic carbocycles. The molecule has 7 heteroatoms. The summed E-state index contributed by atoms with van der Waals surface area (Å²) in [5.41, 5.74) is 3.76. The zero-order chi connectivity index (χ0) is 20.3. The Morgan fingerprint density at radius 2 is 1.72 bits per heavy atom. The first kappa shape index (κ1) is 19.4. The molecule has 1 saturated carbocycles. The van der Waals surface area contributed by atoms with Gasteiger partial charge in [0.15, 0.2) is 9.84 Å². The fourth-order valence-corrected chi connectivity index (χ4v) is 4.86. The molecule has 0 unspecified atom stereocenters. The van der Waals surface area contributed by atoms with Crippen LogP contribution in [0.1, 0.15) is 29.8 Å². The molecule has 0 aliphatic heterocycles. The van der Waals surface area contributed by atoms with E-state index < -0.39 is 9.84 Å². The van der Waals surface area contributed by atoms with E-state index in [9.17, 15) is 13.2 Å². The molecular formula is C22H21N3O3S. The smallest absolute Gasteiger partial charge is 0.158 e. The minimum atomic E-state index is -3.12. The third-order valence-corrected chi connectivity index (χ3v) is 7.02. The molecule has 0 amide bonds. The maximum atomic E-state index is 12.5. The number of carbonyl (C=O) groups is 1. The molecule has 0 radical (unpaired) electrons. The van der Waals surface area contributed by atoms with Crippen molar-refractivity contribution in [1.29, 1.82) is 0 Å². The molecule has 0 N–H and O–H groups in total. The highest BCUT2D eigenvalue weighted by atomic mass is 32.2. The highest BCUT2D eigenvalue weighted by Crippen LogP contribution is 2.30. The van der Waals surface area contributed by atoms with Crippen LogP contribution in [-0.4, -0.2) is 34.4 Å². The Labute approximate surface area is 170 Å². The fourth-order valence-electron chi connectivity index (χ4n) is 3.19. The molecular weight excluding hydrogens is 386 g/mol. The van der Waals surface area contributed by atoms with E-state index in [-0.39, 0.29) is 23.2 Å². The number of rotatable bonds is 8. The number of ketones is 1. The molecule has 0 atom stereocenters. The van der Waals surface area contributed by atoms with E-state index in [0.29, 0.717) is 17.8 Å². The monoisotopic (exact) mass is 407 g/mol. The van der Waals surface area contributed by atoms with Gasteiger partial charge in [0.25, 0.3) is 0 Å². The Hall–Kier alpha value is -2.93. The number of nitrogens with zero attached hydrogens (tertiary/aromatic N) is 3. The SMILES string of the molecule is O=C(Cc1ccc(-c2cnccn2)cc1)Cc1cccc(CS(=O)(=O)C2CC2)n1. The number of carbonyl (C=O) groups excluding carboxylic acids is 1. The summed E-state index contributed by atoms with van der Waals surface area (Å²) in [6.45, 7) is 0. The summed E-state index contributed by atoms with van der Waals surface area (Å²) in [6, 6.07) is 12.9. The first-order valence-electron chi connectivity index (χ1n) is 9.53. The summed E-state index contributed by atoms with van der Waals surface area (Å²) < 4.78 is 24.3. The van der Waals surface area contributed by atoms with Crippen molar-refractivity contribution in [2.24, 2.45) is 0 Å². The van der Waals surface area contributed by atoms with E-state index in [1.165, 1.54) is 0 Å². The van der Waals surface area contributed by atoms with Crippen LogP contribution < -0.4 is 0 Å². The minimum Gasteiger partial charge on any atom is -0.299 e. The van der Waals surface area contributed by atoms with Gasteiger partial charge in [0.2, 0.25) is 0 Å². The Morgan fingerprint density at radius 1 is 0.966 bits per heavy atom. The van der Waals surface area contributed by atoms with Crippen LogP contribution in [0.15, 0.2) is 61.1 Å². The molecule has 29 heavy (non-hydrogen) atoms. The van der Waals surface area contributed by atoms with Crippen molar-refractivity contribution in [3.05, 3.63) is 78.0 Å². The lowest BCUT2D eigenvalue weighted by Gasteiger charge is -2.06. The average molecular weight is 407 g/mol. The van der Waals surface area contributed by atoms with Crippen molar-refractivity contribution < 1.29 is 13.2 Å². The lowest BCUT2D eigenvalue weighted by Crippen LogP contribution is -2.13. The van der Waals surface area contributed by atoms with Crippen molar-refractivity contribution in [2.75, 3.05) is 0 Å². The molecule has 1 aliphatic rings. The van der Waals surface area contributed by atoms with Crippen molar-refractivity contribution in [2.45, 2.75) is 36.7 Å². The van der Waals surface area contributed by atoms with Gasteiger partial charge >= 0.3 is 0 Å². The second kappa shape index (κ2) is 8.21. The van der Waals surface area contributed by atoms with E-state index in [1.54, 1.807) is 36.8 Å². The molecule has 148 valence electrons. The molecule has 2 aromatic heterocycles. The van der Waals surface area contributed by atoms with Gasteiger partial charge in [0.05, 0.1) is 28.6 Å². The van der Waals surface area contributed by atoms with Gasteiger partial charge in [-0.25, -0.2) is 8.42 Å². The predicted octanol–water partition coefficient (Wildman–Crippen LogP) is 2.97. The van der Waals surface area contributed by atoms with Crippen LogP contribution in [0.25, 0.3) is 11.3 Å². The molecule has 6 nitrogen and oxygen atoms in total. The van der Waals surface area contributed by atoms with E-state index in [2.05, 4.69) is 15.0 Å². The van der Waals surface area contributed by atoms with Crippen molar-refractivity contribution in [1.82, 2.24) is 15.0 Å². The van der Waals surface area contributed by atoms with Crippen molar-refractivity contribution >= 4 is 15.6 Å². The van der Waals surface area contributed by atoms with Gasteiger partial charge in [-0.05, 0) is 30.5 Å². The molecule has 2 heterocycles. The van der Waals surface area contributed by atoms with Crippen LogP contribution in [0.3, 0.4) is 0 Å². The molecule has 0 saturated heterocycles. The minimum absolute atomic E-state index is 0.0342. The van der Waals surface area contributed by atoms with E-state index in [0.717, 1.165) is 29.7 Å². The van der Waals surface area contributed by atoms with Crippen LogP contribution in [0, 0.1) is 0 Å². The van der Waals surface area contributed by atoms with Gasteiger partial charge in [-0.1, -0.05) is 30.3 Å². The highest BCUT2D eigenvalue weighted by molar-refractivity contribution is 7.91. The second-order valence-electron chi connectivity index (χ2n) is 7.31. The molecule has 0 bridgehead atoms. The lowest BCUT2D eigenvalue weighted by atomic mass is 10.0. The zero-order valence-electron chi connectivity index (χ0n) is 15.9. The van der Waals surface area contributed by atoms with Crippen LogP contribution in [0.4, 0.5) is 0 Å². The normalized spacial score (nSPS) is 13.9. The summed E-state index contributed by atoms with van der Waals surface area (Å²) in [4.78, 5) is 25.2. The zero-order valence-corrected chi connectivity index (χ0v) is 16.7. The Morgan fingerprint density at radius 3 is 2.41 bits per heavy atom. The van der Waals surface area contributed by atoms with Gasteiger partial charge in [0, 0.05) is 36.5 Å². The number of hydrogen-bond donors (Lipinski definition) is 0. The largest absolute Gasteiger partial charge is 0.299 e. The molecule has 1 aliphatic carbocycles. The Bertz CT molecular complexity index is 1110. The van der Waals surface area contributed by atoms with Crippen LogP contribution in [-0.2, 0) is 33.2 Å². The van der Waals surface area contributed by atoms with Crippen LogP contribution >= 0.6 is 0 Å². The predicted molar refractivity (Wildman–Crippen MR) is 110 cm³/mol. The Balaban J connectivity index is 1.38. The number of pyridine rings is 1. The maximum absolute atomic E-state index is 12.5. The van der Waals surface area contributed by atoms with E-state index in [1.807, 2.05) is 24.3 Å². The number of aromatic nitrogens is 3. The standard InChI is InChI=1S/C22H21N3O3S/c26-20(12-16-4-6-17(7-5-16)22-14-23-10-11-24-22)13-18-2-1-3-19(25-18)15-29(27,28)21-8-9-21/h1-7,10-11,14,21H,8-9,12-13,15H2. The third-order valence-electron chi connectivity index (χ3n) is 4.84. The summed E-state index contributed by atoms with van der Waals surface area (Å²) >= 11 is 0. The average Bonchev–Trinajstić information content (AvgIpc) is 3.55. The van der Waals surface area contributed by atoms with Gasteiger partial charge < -0.3 is 0 Å². The lowest BCUT2D eigenvalue weighted by molar-refractivity contribution is -0.117. The number of Topliss-reactive ketones (excluding diaryl/α,β-unsaturated/α-hetero) is 1. The summed E-state index contributed by atoms with van der Waals surface area (Å²) in [6.07, 6.45) is 6.94. The first-order valence-corrected chi connectivity index (χ1v) is 11.2. The second-order valence-corrected chi connectivity index (χ2v) is 9.59. The van der Waals surface area contributed by atoms with Gasteiger partial charge in [0.1, 0.15) is 5.78 Å². The molecule has 4 rings (SSSR count). The van der Waals surface area contributed by atoms with Crippen LogP contribution in [0.2, 0.25) is 0 Å². The third kappa shape index (κ3) is 5.12. The summed E-state index contributed by atoms with van der Waals surface area (Å²) in [5, 5.41) is -0.209. The number of hydrogen-bond acceptors (Lipinski definition) is 6. The quantitative estimate of drug-likeness (QED) is 0.570. The van der Waals surface area contributed by atoms with E-state index >= 15 is 0 Å². The van der Waals surface area contributed by atoms with Gasteiger partial charge in [-0.2, -0.15) is 0 Å². The fraction of sp³-hybridized carbons (Fsp3) is 0.273. The molecule has 0 spiro atoms. The van der Waals surface area contributed by atoms with Gasteiger partial charge in [-0.15, -0.1) is 0 Å². The Kier molecular flexibility index (Phi) is 5.49. The topological polar surface area (TPSA) is 89.9 Å².